The predicted molar refractivity (Wildman–Crippen MR) is 115 cm³/mol. The Labute approximate surface area is 167 Å². The number of nitrogens with zero attached hydrogens (tertiary/aromatic N) is 1. The fourth-order valence-corrected chi connectivity index (χ4v) is 3.29. The van der Waals surface area contributed by atoms with Gasteiger partial charge >= 0.3 is 0 Å². The maximum atomic E-state index is 13.0. The Morgan fingerprint density at radius 2 is 1.42 bits per heavy atom. The summed E-state index contributed by atoms with van der Waals surface area (Å²) in [5.41, 5.74) is 2.78. The van der Waals surface area contributed by atoms with E-state index in [1.54, 1.807) is 4.90 Å². The standard InChI is InChI=1S/C22H18BrNOS/c23-19-12-14-20(15-13-19)24(22(26)18-9-5-2-6-10-18)21(25)16-11-17-7-3-1-4-8-17/h1-10,12-15H,11,16H2. The summed E-state index contributed by atoms with van der Waals surface area (Å²) in [5.74, 6) is -0.00923. The molecule has 0 heterocycles. The normalized spacial score (nSPS) is 10.3. The summed E-state index contributed by atoms with van der Waals surface area (Å²) in [7, 11) is 0. The number of carbonyl (C=O) groups is 1. The van der Waals surface area contributed by atoms with Crippen molar-refractivity contribution in [1.29, 1.82) is 0 Å². The van der Waals surface area contributed by atoms with Gasteiger partial charge in [0.2, 0.25) is 5.91 Å². The van der Waals surface area contributed by atoms with Crippen molar-refractivity contribution in [2.45, 2.75) is 12.8 Å². The maximum absolute atomic E-state index is 13.0. The van der Waals surface area contributed by atoms with E-state index in [2.05, 4.69) is 15.9 Å². The monoisotopic (exact) mass is 423 g/mol. The Kier molecular flexibility index (Phi) is 6.31. The number of anilines is 1. The fraction of sp³-hybridized carbons (Fsp3) is 0.0909. The Balaban J connectivity index is 1.86. The molecule has 0 saturated carbocycles. The molecule has 0 unspecified atom stereocenters. The fourth-order valence-electron chi connectivity index (χ4n) is 2.68. The van der Waals surface area contributed by atoms with Crippen LogP contribution >= 0.6 is 28.1 Å². The molecule has 0 aromatic heterocycles. The molecule has 0 radical (unpaired) electrons. The summed E-state index contributed by atoms with van der Waals surface area (Å²) in [6, 6.07) is 27.3. The van der Waals surface area contributed by atoms with Crippen LogP contribution in [0.25, 0.3) is 0 Å². The van der Waals surface area contributed by atoms with Gasteiger partial charge in [-0.1, -0.05) is 88.8 Å². The smallest absolute Gasteiger partial charge is 0.232 e. The molecule has 130 valence electrons. The predicted octanol–water partition coefficient (Wildman–Crippen LogP) is 5.79. The van der Waals surface area contributed by atoms with Crippen LogP contribution in [0, 0.1) is 0 Å². The van der Waals surface area contributed by atoms with E-state index in [9.17, 15) is 4.79 Å². The highest BCUT2D eigenvalue weighted by molar-refractivity contribution is 9.10. The number of benzene rings is 3. The number of aryl methyl sites for hydroxylation is 1. The van der Waals surface area contributed by atoms with Gasteiger partial charge in [0.25, 0.3) is 0 Å². The lowest BCUT2D eigenvalue weighted by molar-refractivity contribution is -0.117. The van der Waals surface area contributed by atoms with Gasteiger partial charge in [-0.2, -0.15) is 0 Å². The highest BCUT2D eigenvalue weighted by Crippen LogP contribution is 2.22. The second kappa shape index (κ2) is 8.88. The van der Waals surface area contributed by atoms with Crippen LogP contribution in [0.2, 0.25) is 0 Å². The molecule has 0 N–H and O–H groups in total. The van der Waals surface area contributed by atoms with Crippen molar-refractivity contribution in [3.63, 3.8) is 0 Å². The number of thiocarbonyl (C=S) groups is 1. The zero-order valence-corrected chi connectivity index (χ0v) is 16.5. The lowest BCUT2D eigenvalue weighted by atomic mass is 10.1. The second-order valence-electron chi connectivity index (χ2n) is 5.86. The maximum Gasteiger partial charge on any atom is 0.232 e. The average Bonchev–Trinajstić information content (AvgIpc) is 2.69. The zero-order chi connectivity index (χ0) is 18.4. The average molecular weight is 424 g/mol. The molecule has 1 amide bonds. The van der Waals surface area contributed by atoms with E-state index in [-0.39, 0.29) is 5.91 Å². The highest BCUT2D eigenvalue weighted by atomic mass is 79.9. The van der Waals surface area contributed by atoms with E-state index in [1.165, 1.54) is 0 Å². The highest BCUT2D eigenvalue weighted by Gasteiger charge is 2.21. The Bertz CT molecular complexity index is 879. The van der Waals surface area contributed by atoms with E-state index in [1.807, 2.05) is 84.9 Å². The van der Waals surface area contributed by atoms with Gasteiger partial charge in [0, 0.05) is 22.1 Å². The summed E-state index contributed by atoms with van der Waals surface area (Å²) in [6.45, 7) is 0. The number of halogens is 1. The third-order valence-corrected chi connectivity index (χ3v) is 4.98. The summed E-state index contributed by atoms with van der Waals surface area (Å²) < 4.78 is 0.962. The Morgan fingerprint density at radius 3 is 2.04 bits per heavy atom. The number of amides is 1. The summed E-state index contributed by atoms with van der Waals surface area (Å²) in [5, 5.41) is 0. The van der Waals surface area contributed by atoms with E-state index >= 15 is 0 Å². The first-order chi connectivity index (χ1) is 12.6. The largest absolute Gasteiger partial charge is 0.274 e. The van der Waals surface area contributed by atoms with Crippen molar-refractivity contribution in [2.24, 2.45) is 0 Å². The van der Waals surface area contributed by atoms with Crippen molar-refractivity contribution in [3.05, 3.63) is 101 Å². The van der Waals surface area contributed by atoms with Crippen LogP contribution in [0.1, 0.15) is 17.5 Å². The molecule has 0 saturated heterocycles. The molecule has 3 rings (SSSR count). The summed E-state index contributed by atoms with van der Waals surface area (Å²) in [4.78, 5) is 15.2. The van der Waals surface area contributed by atoms with Crippen LogP contribution in [-0.4, -0.2) is 10.9 Å². The molecule has 0 aliphatic carbocycles. The first-order valence-corrected chi connectivity index (χ1v) is 9.57. The molecule has 3 aromatic rings. The van der Waals surface area contributed by atoms with Gasteiger partial charge in [-0.15, -0.1) is 0 Å². The number of rotatable bonds is 5. The lowest BCUT2D eigenvalue weighted by Crippen LogP contribution is -2.36. The van der Waals surface area contributed by atoms with E-state index in [0.29, 0.717) is 17.8 Å². The van der Waals surface area contributed by atoms with E-state index < -0.39 is 0 Å². The summed E-state index contributed by atoms with van der Waals surface area (Å²) in [6.07, 6.45) is 1.08. The molecule has 26 heavy (non-hydrogen) atoms. The topological polar surface area (TPSA) is 20.3 Å². The van der Waals surface area contributed by atoms with Gasteiger partial charge in [0.1, 0.15) is 4.99 Å². The quantitative estimate of drug-likeness (QED) is 0.483. The molecule has 0 aliphatic heterocycles. The van der Waals surface area contributed by atoms with Gasteiger partial charge in [-0.3, -0.25) is 9.69 Å². The van der Waals surface area contributed by atoms with Gasteiger partial charge in [-0.25, -0.2) is 0 Å². The van der Waals surface area contributed by atoms with Crippen molar-refractivity contribution >= 4 is 44.7 Å². The van der Waals surface area contributed by atoms with E-state index in [4.69, 9.17) is 12.2 Å². The van der Waals surface area contributed by atoms with E-state index in [0.717, 1.165) is 21.3 Å². The molecule has 0 aliphatic rings. The third-order valence-electron chi connectivity index (χ3n) is 4.03. The van der Waals surface area contributed by atoms with Gasteiger partial charge in [-0.05, 0) is 36.2 Å². The van der Waals surface area contributed by atoms with Crippen LogP contribution in [-0.2, 0) is 11.2 Å². The van der Waals surface area contributed by atoms with Crippen molar-refractivity contribution < 1.29 is 4.79 Å². The van der Waals surface area contributed by atoms with Crippen LogP contribution in [0.4, 0.5) is 5.69 Å². The lowest BCUT2D eigenvalue weighted by Gasteiger charge is -2.24. The number of carbonyl (C=O) groups excluding carboxylic acids is 1. The van der Waals surface area contributed by atoms with Gasteiger partial charge < -0.3 is 0 Å². The van der Waals surface area contributed by atoms with Crippen molar-refractivity contribution in [1.82, 2.24) is 0 Å². The molecular formula is C22H18BrNOS. The van der Waals surface area contributed by atoms with Gasteiger partial charge in [0.15, 0.2) is 0 Å². The molecular weight excluding hydrogens is 406 g/mol. The Morgan fingerprint density at radius 1 is 0.846 bits per heavy atom. The SMILES string of the molecule is O=C(CCc1ccccc1)N(C(=S)c1ccccc1)c1ccc(Br)cc1. The first-order valence-electron chi connectivity index (χ1n) is 8.37. The summed E-state index contributed by atoms with van der Waals surface area (Å²) >= 11 is 9.10. The molecule has 0 fully saturated rings. The molecule has 4 heteroatoms. The molecule has 0 spiro atoms. The van der Waals surface area contributed by atoms with Crippen molar-refractivity contribution in [3.8, 4) is 0 Å². The number of hydrogen-bond acceptors (Lipinski definition) is 2. The third kappa shape index (κ3) is 4.65. The van der Waals surface area contributed by atoms with Crippen LogP contribution in [0.5, 0.6) is 0 Å². The van der Waals surface area contributed by atoms with Crippen LogP contribution in [0.3, 0.4) is 0 Å². The number of hydrogen-bond donors (Lipinski definition) is 0. The molecule has 3 aromatic carbocycles. The van der Waals surface area contributed by atoms with Crippen LogP contribution < -0.4 is 4.90 Å². The minimum atomic E-state index is -0.00923. The minimum Gasteiger partial charge on any atom is -0.274 e. The van der Waals surface area contributed by atoms with Gasteiger partial charge in [0.05, 0.1) is 0 Å². The first kappa shape index (κ1) is 18.5. The zero-order valence-electron chi connectivity index (χ0n) is 14.1. The van der Waals surface area contributed by atoms with Crippen molar-refractivity contribution in [2.75, 3.05) is 4.90 Å². The molecule has 2 nitrogen and oxygen atoms in total. The van der Waals surface area contributed by atoms with Crippen LogP contribution in [0.15, 0.2) is 89.4 Å². The molecule has 0 bridgehead atoms. The second-order valence-corrected chi connectivity index (χ2v) is 7.16. The minimum absolute atomic E-state index is 0.00923. The molecule has 0 atom stereocenters. The Hall–Kier alpha value is -2.30.